The molecule has 1 aromatic rings. The average Bonchev–Trinajstić information content (AvgIpc) is 2.21. The Morgan fingerprint density at radius 1 is 1.62 bits per heavy atom. The van der Waals surface area contributed by atoms with Gasteiger partial charge in [0.25, 0.3) is 0 Å². The maximum Gasteiger partial charge on any atom is 0.309 e. The lowest BCUT2D eigenvalue weighted by molar-refractivity contribution is -0.385. The SMILES string of the molecule is Cc1c(C=CCC=O)cnc(Cl)c1[N+](=O)[O-]. The van der Waals surface area contributed by atoms with E-state index >= 15 is 0 Å². The van der Waals surface area contributed by atoms with Gasteiger partial charge in [0, 0.05) is 23.7 Å². The number of allylic oxidation sites excluding steroid dienone is 1. The summed E-state index contributed by atoms with van der Waals surface area (Å²) in [5.41, 5.74) is 0.819. The van der Waals surface area contributed by atoms with Crippen molar-refractivity contribution in [2.45, 2.75) is 13.3 Å². The molecule has 0 aliphatic carbocycles. The lowest BCUT2D eigenvalue weighted by Gasteiger charge is -2.02. The van der Waals surface area contributed by atoms with Crippen LogP contribution >= 0.6 is 11.6 Å². The van der Waals surface area contributed by atoms with Crippen molar-refractivity contribution in [3.05, 3.63) is 38.7 Å². The van der Waals surface area contributed by atoms with E-state index in [0.29, 0.717) is 11.1 Å². The molecule has 5 nitrogen and oxygen atoms in total. The third kappa shape index (κ3) is 2.64. The Balaban J connectivity index is 3.18. The highest BCUT2D eigenvalue weighted by Crippen LogP contribution is 2.28. The first-order chi connectivity index (χ1) is 7.57. The van der Waals surface area contributed by atoms with Crippen LogP contribution in [0.4, 0.5) is 5.69 Å². The minimum absolute atomic E-state index is 0.130. The number of halogens is 1. The van der Waals surface area contributed by atoms with Crippen LogP contribution in [0, 0.1) is 17.0 Å². The van der Waals surface area contributed by atoms with Crippen LogP contribution in [0.25, 0.3) is 6.08 Å². The van der Waals surface area contributed by atoms with Gasteiger partial charge in [-0.15, -0.1) is 0 Å². The molecule has 0 aliphatic rings. The molecule has 0 saturated heterocycles. The van der Waals surface area contributed by atoms with Crippen molar-refractivity contribution < 1.29 is 9.72 Å². The van der Waals surface area contributed by atoms with Gasteiger partial charge < -0.3 is 4.79 Å². The monoisotopic (exact) mass is 240 g/mol. The van der Waals surface area contributed by atoms with Gasteiger partial charge in [-0.1, -0.05) is 23.8 Å². The third-order valence-corrected chi connectivity index (χ3v) is 2.29. The second-order valence-corrected chi connectivity index (χ2v) is 3.40. The van der Waals surface area contributed by atoms with Crippen LogP contribution in [0.3, 0.4) is 0 Å². The van der Waals surface area contributed by atoms with Crippen molar-refractivity contribution >= 4 is 29.7 Å². The molecule has 1 heterocycles. The van der Waals surface area contributed by atoms with Crippen molar-refractivity contribution in [1.82, 2.24) is 4.98 Å². The lowest BCUT2D eigenvalue weighted by Crippen LogP contribution is -1.97. The van der Waals surface area contributed by atoms with E-state index in [1.54, 1.807) is 19.1 Å². The van der Waals surface area contributed by atoms with E-state index in [4.69, 9.17) is 11.6 Å². The molecule has 0 spiro atoms. The average molecular weight is 241 g/mol. The van der Waals surface area contributed by atoms with Gasteiger partial charge in [-0.25, -0.2) is 4.98 Å². The summed E-state index contributed by atoms with van der Waals surface area (Å²) in [4.78, 5) is 24.0. The Hall–Kier alpha value is -1.75. The number of nitrogens with zero attached hydrogens (tertiary/aromatic N) is 2. The molecule has 1 aromatic heterocycles. The number of aldehydes is 1. The largest absolute Gasteiger partial charge is 0.309 e. The summed E-state index contributed by atoms with van der Waals surface area (Å²) in [6, 6.07) is 0. The van der Waals surface area contributed by atoms with Gasteiger partial charge in [0.05, 0.1) is 4.92 Å². The highest BCUT2D eigenvalue weighted by molar-refractivity contribution is 6.31. The molecule has 16 heavy (non-hydrogen) atoms. The van der Waals surface area contributed by atoms with Crippen LogP contribution in [0.15, 0.2) is 12.3 Å². The van der Waals surface area contributed by atoms with Crippen molar-refractivity contribution in [1.29, 1.82) is 0 Å². The predicted molar refractivity (Wildman–Crippen MR) is 60.4 cm³/mol. The van der Waals surface area contributed by atoms with E-state index in [2.05, 4.69) is 4.98 Å². The van der Waals surface area contributed by atoms with Crippen LogP contribution in [0.1, 0.15) is 17.5 Å². The van der Waals surface area contributed by atoms with Gasteiger partial charge in [0.1, 0.15) is 6.29 Å². The van der Waals surface area contributed by atoms with E-state index in [9.17, 15) is 14.9 Å². The molecule has 0 amide bonds. The maximum atomic E-state index is 10.7. The number of carbonyl (C=O) groups is 1. The molecule has 0 aromatic carbocycles. The summed E-state index contributed by atoms with van der Waals surface area (Å²) in [7, 11) is 0. The number of carbonyl (C=O) groups excluding carboxylic acids is 1. The van der Waals surface area contributed by atoms with E-state index in [-0.39, 0.29) is 17.3 Å². The van der Waals surface area contributed by atoms with Gasteiger partial charge in [0.15, 0.2) is 0 Å². The Morgan fingerprint density at radius 2 is 2.31 bits per heavy atom. The van der Waals surface area contributed by atoms with Crippen LogP contribution in [0.2, 0.25) is 5.15 Å². The molecule has 0 saturated carbocycles. The molecule has 0 N–H and O–H groups in total. The zero-order chi connectivity index (χ0) is 12.1. The fraction of sp³-hybridized carbons (Fsp3) is 0.200. The van der Waals surface area contributed by atoms with Crippen LogP contribution in [-0.4, -0.2) is 16.2 Å². The van der Waals surface area contributed by atoms with Gasteiger partial charge in [-0.2, -0.15) is 0 Å². The van der Waals surface area contributed by atoms with Crippen molar-refractivity contribution in [3.8, 4) is 0 Å². The Morgan fingerprint density at radius 3 is 2.88 bits per heavy atom. The standard InChI is InChI=1S/C10H9ClN2O3/c1-7-8(4-2-3-5-14)6-12-10(11)9(7)13(15)16/h2,4-6H,3H2,1H3. The van der Waals surface area contributed by atoms with Crippen molar-refractivity contribution in [2.75, 3.05) is 0 Å². The van der Waals surface area contributed by atoms with Gasteiger partial charge >= 0.3 is 5.69 Å². The number of nitro groups is 1. The van der Waals surface area contributed by atoms with Crippen LogP contribution in [-0.2, 0) is 4.79 Å². The molecule has 0 radical (unpaired) electrons. The number of aromatic nitrogens is 1. The number of hydrogen-bond acceptors (Lipinski definition) is 4. The molecule has 0 bridgehead atoms. The summed E-state index contributed by atoms with van der Waals surface area (Å²) in [5.74, 6) is 0. The second-order valence-electron chi connectivity index (χ2n) is 3.04. The highest BCUT2D eigenvalue weighted by Gasteiger charge is 2.19. The molecule has 0 aliphatic heterocycles. The molecular weight excluding hydrogens is 232 g/mol. The summed E-state index contributed by atoms with van der Waals surface area (Å²) >= 11 is 5.62. The predicted octanol–water partition coefficient (Wildman–Crippen LogP) is 2.55. The zero-order valence-electron chi connectivity index (χ0n) is 8.51. The van der Waals surface area contributed by atoms with Gasteiger partial charge in [-0.05, 0) is 6.92 Å². The van der Waals surface area contributed by atoms with Gasteiger partial charge in [0.2, 0.25) is 5.15 Å². The smallest absolute Gasteiger partial charge is 0.303 e. The summed E-state index contributed by atoms with van der Waals surface area (Å²) in [5, 5.41) is 10.6. The minimum atomic E-state index is -0.568. The third-order valence-electron chi connectivity index (χ3n) is 2.01. The Labute approximate surface area is 96.9 Å². The zero-order valence-corrected chi connectivity index (χ0v) is 9.27. The Bertz CT molecular complexity index is 458. The van der Waals surface area contributed by atoms with Crippen LogP contribution in [0.5, 0.6) is 0 Å². The quantitative estimate of drug-likeness (QED) is 0.351. The fourth-order valence-electron chi connectivity index (χ4n) is 1.21. The summed E-state index contributed by atoms with van der Waals surface area (Å²) < 4.78 is 0. The molecular formula is C10H9ClN2O3. The summed E-state index contributed by atoms with van der Waals surface area (Å²) in [6.45, 7) is 1.59. The molecule has 84 valence electrons. The first kappa shape index (κ1) is 12.3. The maximum absolute atomic E-state index is 10.7. The highest BCUT2D eigenvalue weighted by atomic mass is 35.5. The van der Waals surface area contributed by atoms with E-state index in [1.807, 2.05) is 0 Å². The van der Waals surface area contributed by atoms with Gasteiger partial charge in [-0.3, -0.25) is 10.1 Å². The van der Waals surface area contributed by atoms with E-state index < -0.39 is 4.92 Å². The number of pyridine rings is 1. The number of rotatable bonds is 4. The molecule has 0 fully saturated rings. The minimum Gasteiger partial charge on any atom is -0.303 e. The number of hydrogen-bond donors (Lipinski definition) is 0. The molecule has 0 atom stereocenters. The Kier molecular flexibility index (Phi) is 4.13. The van der Waals surface area contributed by atoms with Crippen LogP contribution < -0.4 is 0 Å². The first-order valence-corrected chi connectivity index (χ1v) is 4.85. The molecule has 6 heteroatoms. The lowest BCUT2D eigenvalue weighted by atomic mass is 10.1. The van der Waals surface area contributed by atoms with E-state index in [0.717, 1.165) is 6.29 Å². The fourth-order valence-corrected chi connectivity index (χ4v) is 1.47. The topological polar surface area (TPSA) is 73.1 Å². The van der Waals surface area contributed by atoms with E-state index in [1.165, 1.54) is 6.20 Å². The van der Waals surface area contributed by atoms with Crippen molar-refractivity contribution in [3.63, 3.8) is 0 Å². The molecule has 0 unspecified atom stereocenters. The summed E-state index contributed by atoms with van der Waals surface area (Å²) in [6.07, 6.45) is 5.65. The first-order valence-electron chi connectivity index (χ1n) is 4.47. The second kappa shape index (κ2) is 5.37. The van der Waals surface area contributed by atoms with Crippen molar-refractivity contribution in [2.24, 2.45) is 0 Å². The normalized spacial score (nSPS) is 10.6. The molecule has 1 rings (SSSR count).